The first-order valence-electron chi connectivity index (χ1n) is 11.9. The Morgan fingerprint density at radius 3 is 2.37 bits per heavy atom. The normalized spacial score (nSPS) is 11.0. The Morgan fingerprint density at radius 1 is 0.971 bits per heavy atom. The lowest BCUT2D eigenvalue weighted by Crippen LogP contribution is -2.27. The summed E-state index contributed by atoms with van der Waals surface area (Å²) in [5, 5.41) is 5.02. The highest BCUT2D eigenvalue weighted by Gasteiger charge is 2.25. The third kappa shape index (κ3) is 5.67. The first-order valence-corrected chi connectivity index (χ1v) is 11.9. The minimum Gasteiger partial charge on any atom is -0.461 e. The van der Waals surface area contributed by atoms with Gasteiger partial charge in [-0.3, -0.25) is 9.59 Å². The number of aromatic nitrogens is 3. The van der Waals surface area contributed by atoms with E-state index >= 15 is 0 Å². The highest BCUT2D eigenvalue weighted by molar-refractivity contribution is 6.06. The zero-order valence-electron chi connectivity index (χ0n) is 20.6. The lowest BCUT2D eigenvalue weighted by atomic mass is 10.1. The van der Waals surface area contributed by atoms with Crippen LogP contribution in [0.25, 0.3) is 10.8 Å². The Kier molecular flexibility index (Phi) is 8.57. The van der Waals surface area contributed by atoms with E-state index in [1.807, 2.05) is 0 Å². The van der Waals surface area contributed by atoms with Gasteiger partial charge in [0, 0.05) is 23.2 Å². The summed E-state index contributed by atoms with van der Waals surface area (Å²) >= 11 is 0. The van der Waals surface area contributed by atoms with E-state index in [1.54, 1.807) is 45.0 Å². The van der Waals surface area contributed by atoms with Gasteiger partial charge in [-0.2, -0.15) is 5.10 Å². The largest absolute Gasteiger partial charge is 0.461 e. The fourth-order valence-electron chi connectivity index (χ4n) is 4.07. The Labute approximate surface area is 203 Å². The number of ether oxygens (including phenoxy) is 2. The minimum atomic E-state index is -0.798. The monoisotopic (exact) mass is 481 g/mol. The number of nitrogens with one attached hydrogen (secondary N) is 1. The Bertz CT molecular complexity index is 1300. The van der Waals surface area contributed by atoms with Crippen LogP contribution in [0, 0.1) is 13.8 Å². The summed E-state index contributed by atoms with van der Waals surface area (Å²) < 4.78 is 11.6. The van der Waals surface area contributed by atoms with Gasteiger partial charge < -0.3 is 14.5 Å². The maximum absolute atomic E-state index is 13.0. The predicted molar refractivity (Wildman–Crippen MR) is 131 cm³/mol. The lowest BCUT2D eigenvalue weighted by Gasteiger charge is -2.11. The number of aromatic amines is 1. The molecule has 0 saturated carbocycles. The number of carbonyl (C=O) groups excluding carboxylic acids is 3. The second-order valence-corrected chi connectivity index (χ2v) is 8.33. The molecule has 0 unspecified atom stereocenters. The standard InChI is InChI=1S/C26H31N3O6/c1-5-7-8-11-14-29-24(31)19-13-10-9-12-18(19)23(28-29)26(33)35-15-20(30)21-16(3)22(27-17(21)4)25(32)34-6-2/h9-10,12-13,27H,5-8,11,14-15H2,1-4H3. The van der Waals surface area contributed by atoms with Crippen LogP contribution in [0.2, 0.25) is 0 Å². The first-order chi connectivity index (χ1) is 16.8. The fourth-order valence-corrected chi connectivity index (χ4v) is 4.07. The molecule has 0 atom stereocenters. The summed E-state index contributed by atoms with van der Waals surface area (Å²) in [6.07, 6.45) is 3.83. The molecule has 0 spiro atoms. The molecule has 3 rings (SSSR count). The molecular formula is C26H31N3O6. The van der Waals surface area contributed by atoms with E-state index < -0.39 is 24.3 Å². The van der Waals surface area contributed by atoms with Crippen LogP contribution in [0.3, 0.4) is 0 Å². The number of benzene rings is 1. The first kappa shape index (κ1) is 25.9. The Balaban J connectivity index is 1.83. The van der Waals surface area contributed by atoms with Crippen molar-refractivity contribution in [2.24, 2.45) is 0 Å². The molecule has 186 valence electrons. The number of rotatable bonds is 11. The van der Waals surface area contributed by atoms with E-state index in [1.165, 1.54) is 4.68 Å². The predicted octanol–water partition coefficient (Wildman–Crippen LogP) is 4.14. The van der Waals surface area contributed by atoms with Crippen molar-refractivity contribution in [3.05, 3.63) is 62.8 Å². The number of Topliss-reactive ketones (excluding diaryl/α,β-unsaturated/α-hetero) is 1. The average molecular weight is 482 g/mol. The van der Waals surface area contributed by atoms with Gasteiger partial charge >= 0.3 is 11.9 Å². The number of carbonyl (C=O) groups is 3. The molecule has 9 nitrogen and oxygen atoms in total. The molecule has 0 radical (unpaired) electrons. The van der Waals surface area contributed by atoms with Crippen molar-refractivity contribution in [3.63, 3.8) is 0 Å². The lowest BCUT2D eigenvalue weighted by molar-refractivity contribution is 0.0467. The zero-order valence-corrected chi connectivity index (χ0v) is 20.6. The molecule has 0 aliphatic rings. The van der Waals surface area contributed by atoms with Crippen LogP contribution in [0.4, 0.5) is 0 Å². The molecular weight excluding hydrogens is 450 g/mol. The number of H-pyrrole nitrogens is 1. The van der Waals surface area contributed by atoms with Crippen molar-refractivity contribution in [1.82, 2.24) is 14.8 Å². The van der Waals surface area contributed by atoms with Gasteiger partial charge in [-0.15, -0.1) is 0 Å². The quantitative estimate of drug-likeness (QED) is 0.248. The highest BCUT2D eigenvalue weighted by Crippen LogP contribution is 2.20. The van der Waals surface area contributed by atoms with Crippen molar-refractivity contribution in [2.75, 3.05) is 13.2 Å². The number of ketones is 1. The van der Waals surface area contributed by atoms with E-state index in [0.717, 1.165) is 25.7 Å². The Morgan fingerprint density at radius 2 is 1.69 bits per heavy atom. The van der Waals surface area contributed by atoms with E-state index in [0.29, 0.717) is 28.6 Å². The zero-order chi connectivity index (χ0) is 25.5. The number of esters is 2. The third-order valence-electron chi connectivity index (χ3n) is 5.81. The molecule has 0 aliphatic carbocycles. The maximum Gasteiger partial charge on any atom is 0.359 e. The van der Waals surface area contributed by atoms with Crippen LogP contribution in [-0.2, 0) is 16.0 Å². The molecule has 3 aromatic rings. The van der Waals surface area contributed by atoms with Crippen LogP contribution in [0.1, 0.15) is 82.1 Å². The molecule has 1 N–H and O–H groups in total. The second-order valence-electron chi connectivity index (χ2n) is 8.33. The molecule has 35 heavy (non-hydrogen) atoms. The number of aryl methyl sites for hydroxylation is 2. The van der Waals surface area contributed by atoms with Gasteiger partial charge in [0.1, 0.15) is 5.69 Å². The summed E-state index contributed by atoms with van der Waals surface area (Å²) in [6, 6.07) is 6.71. The van der Waals surface area contributed by atoms with E-state index in [4.69, 9.17) is 9.47 Å². The van der Waals surface area contributed by atoms with Crippen LogP contribution in [-0.4, -0.2) is 45.7 Å². The minimum absolute atomic E-state index is 0.0155. The summed E-state index contributed by atoms with van der Waals surface area (Å²) in [5.41, 5.74) is 1.11. The van der Waals surface area contributed by atoms with Gasteiger partial charge in [0.2, 0.25) is 5.78 Å². The van der Waals surface area contributed by atoms with Gasteiger partial charge in [-0.1, -0.05) is 44.4 Å². The number of fused-ring (bicyclic) bond motifs is 1. The number of hydrogen-bond donors (Lipinski definition) is 1. The molecule has 0 saturated heterocycles. The smallest absolute Gasteiger partial charge is 0.359 e. The molecule has 1 aromatic carbocycles. The Hall–Kier alpha value is -3.75. The maximum atomic E-state index is 13.0. The van der Waals surface area contributed by atoms with Crippen molar-refractivity contribution >= 4 is 28.5 Å². The molecule has 2 aromatic heterocycles. The van der Waals surface area contributed by atoms with Crippen molar-refractivity contribution in [1.29, 1.82) is 0 Å². The third-order valence-corrected chi connectivity index (χ3v) is 5.81. The number of unbranched alkanes of at least 4 members (excludes halogenated alkanes) is 3. The fraction of sp³-hybridized carbons (Fsp3) is 0.423. The molecule has 2 heterocycles. The van der Waals surface area contributed by atoms with E-state index in [-0.39, 0.29) is 29.1 Å². The summed E-state index contributed by atoms with van der Waals surface area (Å²) in [5.74, 6) is -1.81. The van der Waals surface area contributed by atoms with Gasteiger partial charge in [-0.25, -0.2) is 14.3 Å². The van der Waals surface area contributed by atoms with Crippen molar-refractivity contribution in [3.8, 4) is 0 Å². The van der Waals surface area contributed by atoms with Crippen LogP contribution >= 0.6 is 0 Å². The average Bonchev–Trinajstić information content (AvgIpc) is 3.15. The van der Waals surface area contributed by atoms with Crippen molar-refractivity contribution in [2.45, 2.75) is 59.9 Å². The van der Waals surface area contributed by atoms with Crippen molar-refractivity contribution < 1.29 is 23.9 Å². The van der Waals surface area contributed by atoms with E-state index in [9.17, 15) is 19.2 Å². The molecule has 0 amide bonds. The van der Waals surface area contributed by atoms with Crippen LogP contribution < -0.4 is 5.56 Å². The highest BCUT2D eigenvalue weighted by atomic mass is 16.5. The second kappa shape index (κ2) is 11.6. The summed E-state index contributed by atoms with van der Waals surface area (Å²) in [7, 11) is 0. The van der Waals surface area contributed by atoms with E-state index in [2.05, 4.69) is 17.0 Å². The van der Waals surface area contributed by atoms with Crippen LogP contribution in [0.5, 0.6) is 0 Å². The van der Waals surface area contributed by atoms with Crippen LogP contribution in [0.15, 0.2) is 29.1 Å². The summed E-state index contributed by atoms with van der Waals surface area (Å²) in [6.45, 7) is 7.15. The topological polar surface area (TPSA) is 120 Å². The van der Waals surface area contributed by atoms with Gasteiger partial charge in [0.05, 0.1) is 12.0 Å². The SMILES string of the molecule is CCCCCCn1nc(C(=O)OCC(=O)c2c(C)[nH]c(C(=O)OCC)c2C)c2ccccc2c1=O. The molecule has 0 fully saturated rings. The molecule has 0 aliphatic heterocycles. The number of hydrogen-bond acceptors (Lipinski definition) is 7. The summed E-state index contributed by atoms with van der Waals surface area (Å²) in [4.78, 5) is 53.7. The molecule has 9 heteroatoms. The van der Waals surface area contributed by atoms with Gasteiger partial charge in [0.25, 0.3) is 5.56 Å². The number of nitrogens with zero attached hydrogens (tertiary/aromatic N) is 2. The van der Waals surface area contributed by atoms with Gasteiger partial charge in [-0.05, 0) is 38.8 Å². The van der Waals surface area contributed by atoms with Gasteiger partial charge in [0.15, 0.2) is 12.3 Å². The molecule has 0 bridgehead atoms.